The van der Waals surface area contributed by atoms with Crippen molar-refractivity contribution in [3.63, 3.8) is 0 Å². The van der Waals surface area contributed by atoms with Crippen molar-refractivity contribution in [2.24, 2.45) is 0 Å². The van der Waals surface area contributed by atoms with E-state index in [0.717, 1.165) is 47.3 Å². The number of nitrogen functional groups attached to an aromatic ring is 1. The zero-order valence-corrected chi connectivity index (χ0v) is 11.6. The van der Waals surface area contributed by atoms with Crippen LogP contribution < -0.4 is 5.73 Å². The van der Waals surface area contributed by atoms with Gasteiger partial charge in [0.25, 0.3) is 0 Å². The van der Waals surface area contributed by atoms with Gasteiger partial charge in [-0.1, -0.05) is 19.9 Å². The van der Waals surface area contributed by atoms with E-state index in [-0.39, 0.29) is 0 Å². The molecule has 2 aromatic rings. The van der Waals surface area contributed by atoms with Crippen molar-refractivity contribution in [1.29, 1.82) is 0 Å². The molecule has 0 spiro atoms. The molecule has 1 aromatic carbocycles. The number of fused-ring (bicyclic) bond motifs is 2. The third-order valence-corrected chi connectivity index (χ3v) is 4.15. The molecule has 2 heterocycles. The maximum absolute atomic E-state index is 6.33. The summed E-state index contributed by atoms with van der Waals surface area (Å²) in [5.74, 6) is 0.552. The van der Waals surface area contributed by atoms with Crippen molar-refractivity contribution in [3.05, 3.63) is 35.0 Å². The van der Waals surface area contributed by atoms with E-state index < -0.39 is 0 Å². The summed E-state index contributed by atoms with van der Waals surface area (Å²) in [5.41, 5.74) is 11.7. The minimum absolute atomic E-state index is 0.552. The monoisotopic (exact) mass is 256 g/mol. The number of rotatable bonds is 2. The Labute approximate surface area is 113 Å². The Hall–Kier alpha value is -1.61. The first-order chi connectivity index (χ1) is 9.20. The number of hydrogen-bond donors (Lipinski definition) is 1. The Morgan fingerprint density at radius 2 is 2.26 bits per heavy atom. The van der Waals surface area contributed by atoms with Gasteiger partial charge < -0.3 is 10.5 Å². The number of pyridine rings is 1. The summed E-state index contributed by atoms with van der Waals surface area (Å²) >= 11 is 0. The van der Waals surface area contributed by atoms with Crippen molar-refractivity contribution in [3.8, 4) is 0 Å². The predicted octanol–water partition coefficient (Wildman–Crippen LogP) is 3.40. The average molecular weight is 256 g/mol. The molecule has 1 aliphatic heterocycles. The number of benzene rings is 1. The van der Waals surface area contributed by atoms with Crippen molar-refractivity contribution < 1.29 is 4.74 Å². The lowest BCUT2D eigenvalue weighted by Gasteiger charge is -2.19. The molecule has 2 N–H and O–H groups in total. The van der Waals surface area contributed by atoms with Gasteiger partial charge in [-0.05, 0) is 30.0 Å². The fourth-order valence-corrected chi connectivity index (χ4v) is 2.65. The van der Waals surface area contributed by atoms with Crippen LogP contribution in [-0.4, -0.2) is 11.6 Å². The summed E-state index contributed by atoms with van der Waals surface area (Å²) in [7, 11) is 0. The highest BCUT2D eigenvalue weighted by Crippen LogP contribution is 2.31. The largest absolute Gasteiger partial charge is 0.398 e. The molecular formula is C16H20N2O. The maximum Gasteiger partial charge on any atom is 0.0755 e. The molecule has 0 amide bonds. The van der Waals surface area contributed by atoms with Crippen molar-refractivity contribution in [2.75, 3.05) is 12.3 Å². The molecule has 0 radical (unpaired) electrons. The van der Waals surface area contributed by atoms with E-state index in [9.17, 15) is 0 Å². The minimum atomic E-state index is 0.552. The van der Waals surface area contributed by atoms with Crippen LogP contribution in [0.25, 0.3) is 10.9 Å². The molecule has 0 saturated carbocycles. The van der Waals surface area contributed by atoms with Gasteiger partial charge >= 0.3 is 0 Å². The van der Waals surface area contributed by atoms with Crippen molar-refractivity contribution in [1.82, 2.24) is 4.98 Å². The van der Waals surface area contributed by atoms with Gasteiger partial charge in [0.15, 0.2) is 0 Å². The number of nitrogens with zero attached hydrogens (tertiary/aromatic N) is 1. The van der Waals surface area contributed by atoms with Crippen LogP contribution in [0, 0.1) is 0 Å². The van der Waals surface area contributed by atoms with Crippen LogP contribution in [-0.2, 0) is 17.8 Å². The van der Waals surface area contributed by atoms with Crippen LogP contribution >= 0.6 is 0 Å². The second kappa shape index (κ2) is 4.82. The molecule has 3 heteroatoms. The molecular weight excluding hydrogens is 236 g/mol. The van der Waals surface area contributed by atoms with Gasteiger partial charge in [0.1, 0.15) is 0 Å². The molecule has 1 atom stereocenters. The average Bonchev–Trinajstić information content (AvgIpc) is 2.46. The standard InChI is InChI=1S/C16H20N2O/c1-3-10(2)11-4-5-14-12(8-11)16(17)13-9-19-7-6-15(13)18-14/h4-5,8,10H,3,6-7,9H2,1-2H3,(H2,17,18). The van der Waals surface area contributed by atoms with E-state index >= 15 is 0 Å². The van der Waals surface area contributed by atoms with Gasteiger partial charge in [0, 0.05) is 23.1 Å². The zero-order valence-electron chi connectivity index (χ0n) is 11.6. The second-order valence-electron chi connectivity index (χ2n) is 5.34. The first-order valence-electron chi connectivity index (χ1n) is 6.99. The number of ether oxygens (including phenoxy) is 1. The molecule has 1 unspecified atom stereocenters. The summed E-state index contributed by atoms with van der Waals surface area (Å²) in [6.45, 7) is 5.79. The smallest absolute Gasteiger partial charge is 0.0755 e. The Kier molecular flexibility index (Phi) is 3.15. The lowest BCUT2D eigenvalue weighted by molar-refractivity contribution is 0.110. The van der Waals surface area contributed by atoms with E-state index in [1.165, 1.54) is 5.56 Å². The molecule has 3 nitrogen and oxygen atoms in total. The minimum Gasteiger partial charge on any atom is -0.398 e. The molecule has 3 rings (SSSR count). The molecule has 0 aliphatic carbocycles. The Morgan fingerprint density at radius 3 is 3.05 bits per heavy atom. The molecule has 1 aromatic heterocycles. The topological polar surface area (TPSA) is 48.1 Å². The van der Waals surface area contributed by atoms with Crippen LogP contribution in [0.5, 0.6) is 0 Å². The van der Waals surface area contributed by atoms with Gasteiger partial charge in [-0.15, -0.1) is 0 Å². The summed E-state index contributed by atoms with van der Waals surface area (Å²) in [4.78, 5) is 4.74. The van der Waals surface area contributed by atoms with E-state index in [0.29, 0.717) is 12.5 Å². The van der Waals surface area contributed by atoms with E-state index in [1.54, 1.807) is 0 Å². The lowest BCUT2D eigenvalue weighted by Crippen LogP contribution is -2.14. The molecule has 100 valence electrons. The predicted molar refractivity (Wildman–Crippen MR) is 78.2 cm³/mol. The lowest BCUT2D eigenvalue weighted by atomic mass is 9.95. The van der Waals surface area contributed by atoms with Crippen LogP contribution in [0.2, 0.25) is 0 Å². The highest BCUT2D eigenvalue weighted by Gasteiger charge is 2.17. The number of nitrogens with two attached hydrogens (primary N) is 1. The quantitative estimate of drug-likeness (QED) is 0.895. The molecule has 1 aliphatic rings. The fourth-order valence-electron chi connectivity index (χ4n) is 2.65. The highest BCUT2D eigenvalue weighted by atomic mass is 16.5. The van der Waals surface area contributed by atoms with Crippen molar-refractivity contribution in [2.45, 2.75) is 39.2 Å². The van der Waals surface area contributed by atoms with E-state index in [4.69, 9.17) is 15.5 Å². The number of anilines is 1. The van der Waals surface area contributed by atoms with Gasteiger partial charge in [-0.25, -0.2) is 0 Å². The normalized spacial score (nSPS) is 16.3. The first-order valence-corrected chi connectivity index (χ1v) is 6.99. The second-order valence-corrected chi connectivity index (χ2v) is 5.34. The summed E-state index contributed by atoms with van der Waals surface area (Å²) < 4.78 is 5.50. The molecule has 0 fully saturated rings. The van der Waals surface area contributed by atoms with Crippen molar-refractivity contribution >= 4 is 16.6 Å². The van der Waals surface area contributed by atoms with Gasteiger partial charge in [0.05, 0.1) is 24.4 Å². The van der Waals surface area contributed by atoms with Crippen LogP contribution in [0.15, 0.2) is 18.2 Å². The Balaban J connectivity index is 2.19. The van der Waals surface area contributed by atoms with Gasteiger partial charge in [-0.2, -0.15) is 0 Å². The van der Waals surface area contributed by atoms with Gasteiger partial charge in [0.2, 0.25) is 0 Å². The van der Waals surface area contributed by atoms with Crippen LogP contribution in [0.1, 0.15) is 43.0 Å². The summed E-state index contributed by atoms with van der Waals surface area (Å²) in [6, 6.07) is 6.47. The SMILES string of the molecule is CCC(C)c1ccc2nc3c(c(N)c2c1)COCC3. The fraction of sp³-hybridized carbons (Fsp3) is 0.438. The first kappa shape index (κ1) is 12.4. The summed E-state index contributed by atoms with van der Waals surface area (Å²) in [5, 5.41) is 1.07. The zero-order chi connectivity index (χ0) is 13.4. The Morgan fingerprint density at radius 1 is 1.42 bits per heavy atom. The molecule has 19 heavy (non-hydrogen) atoms. The third-order valence-electron chi connectivity index (χ3n) is 4.15. The van der Waals surface area contributed by atoms with Crippen LogP contribution in [0.4, 0.5) is 5.69 Å². The third kappa shape index (κ3) is 2.08. The van der Waals surface area contributed by atoms with E-state index in [1.807, 2.05) is 0 Å². The number of aromatic nitrogens is 1. The van der Waals surface area contributed by atoms with E-state index in [2.05, 4.69) is 32.0 Å². The molecule has 0 bridgehead atoms. The van der Waals surface area contributed by atoms with Gasteiger partial charge in [-0.3, -0.25) is 4.98 Å². The number of hydrogen-bond acceptors (Lipinski definition) is 3. The molecule has 0 saturated heterocycles. The van der Waals surface area contributed by atoms with Crippen LogP contribution in [0.3, 0.4) is 0 Å². The Bertz CT molecular complexity index is 622. The maximum atomic E-state index is 6.33. The summed E-state index contributed by atoms with van der Waals surface area (Å²) in [6.07, 6.45) is 2.00. The highest BCUT2D eigenvalue weighted by molar-refractivity contribution is 5.92.